The SMILES string of the molecule is CN(CC1CCCC1O)C(=O)NCc1cc(Br)cs1. The van der Waals surface area contributed by atoms with E-state index in [4.69, 9.17) is 0 Å². The number of aliphatic hydroxyl groups excluding tert-OH is 1. The molecular formula is C13H19BrN2O2S. The van der Waals surface area contributed by atoms with Gasteiger partial charge in [-0.1, -0.05) is 6.42 Å². The van der Waals surface area contributed by atoms with E-state index in [1.807, 2.05) is 11.4 Å². The van der Waals surface area contributed by atoms with E-state index < -0.39 is 0 Å². The van der Waals surface area contributed by atoms with Crippen molar-refractivity contribution in [2.75, 3.05) is 13.6 Å². The van der Waals surface area contributed by atoms with Crippen LogP contribution in [0.2, 0.25) is 0 Å². The van der Waals surface area contributed by atoms with Crippen LogP contribution in [0.25, 0.3) is 0 Å². The third-order valence-corrected chi connectivity index (χ3v) is 5.21. The monoisotopic (exact) mass is 346 g/mol. The van der Waals surface area contributed by atoms with Crippen molar-refractivity contribution in [3.63, 3.8) is 0 Å². The molecule has 6 heteroatoms. The molecule has 1 saturated carbocycles. The zero-order chi connectivity index (χ0) is 13.8. The quantitative estimate of drug-likeness (QED) is 0.880. The molecule has 19 heavy (non-hydrogen) atoms. The number of rotatable bonds is 4. The summed E-state index contributed by atoms with van der Waals surface area (Å²) in [5, 5.41) is 14.7. The maximum atomic E-state index is 11.9. The van der Waals surface area contributed by atoms with Gasteiger partial charge < -0.3 is 15.3 Å². The summed E-state index contributed by atoms with van der Waals surface area (Å²) in [5.74, 6) is 0.228. The second kappa shape index (κ2) is 6.72. The molecule has 106 valence electrons. The number of thiophene rings is 1. The number of hydrogen-bond donors (Lipinski definition) is 2. The highest BCUT2D eigenvalue weighted by atomic mass is 79.9. The molecule has 0 radical (unpaired) electrons. The van der Waals surface area contributed by atoms with E-state index in [-0.39, 0.29) is 18.1 Å². The molecule has 2 N–H and O–H groups in total. The fraction of sp³-hybridized carbons (Fsp3) is 0.615. The van der Waals surface area contributed by atoms with Gasteiger partial charge in [0.25, 0.3) is 0 Å². The van der Waals surface area contributed by atoms with Crippen LogP contribution < -0.4 is 5.32 Å². The molecule has 2 atom stereocenters. The highest BCUT2D eigenvalue weighted by Crippen LogP contribution is 2.26. The van der Waals surface area contributed by atoms with Gasteiger partial charge >= 0.3 is 6.03 Å². The Bertz CT molecular complexity index is 438. The van der Waals surface area contributed by atoms with Crippen molar-refractivity contribution in [2.24, 2.45) is 5.92 Å². The molecule has 1 aliphatic rings. The summed E-state index contributed by atoms with van der Waals surface area (Å²) in [6, 6.07) is 1.93. The molecular weight excluding hydrogens is 328 g/mol. The van der Waals surface area contributed by atoms with Crippen LogP contribution in [-0.4, -0.2) is 35.7 Å². The van der Waals surface area contributed by atoms with E-state index in [0.717, 1.165) is 28.6 Å². The molecule has 0 spiro atoms. The summed E-state index contributed by atoms with van der Waals surface area (Å²) < 4.78 is 1.05. The van der Waals surface area contributed by atoms with Crippen molar-refractivity contribution in [1.29, 1.82) is 0 Å². The van der Waals surface area contributed by atoms with Crippen LogP contribution in [0.4, 0.5) is 4.79 Å². The minimum absolute atomic E-state index is 0.0800. The van der Waals surface area contributed by atoms with Gasteiger partial charge in [0.1, 0.15) is 0 Å². The topological polar surface area (TPSA) is 52.6 Å². The summed E-state index contributed by atoms with van der Waals surface area (Å²) in [7, 11) is 1.78. The Kier molecular flexibility index (Phi) is 5.24. The maximum absolute atomic E-state index is 11.9. The Morgan fingerprint density at radius 2 is 2.42 bits per heavy atom. The normalized spacial score (nSPS) is 22.5. The Morgan fingerprint density at radius 1 is 1.63 bits per heavy atom. The fourth-order valence-corrected chi connectivity index (χ4v) is 3.80. The number of aliphatic hydroxyl groups is 1. The van der Waals surface area contributed by atoms with E-state index in [9.17, 15) is 9.90 Å². The molecule has 0 aliphatic heterocycles. The third-order valence-electron chi connectivity index (χ3n) is 3.51. The number of carbonyl (C=O) groups is 1. The molecule has 2 rings (SSSR count). The van der Waals surface area contributed by atoms with Crippen molar-refractivity contribution in [2.45, 2.75) is 31.9 Å². The van der Waals surface area contributed by atoms with Crippen molar-refractivity contribution in [3.8, 4) is 0 Å². The molecule has 0 bridgehead atoms. The molecule has 1 aromatic heterocycles. The Labute approximate surface area is 125 Å². The van der Waals surface area contributed by atoms with E-state index in [1.165, 1.54) is 0 Å². The summed E-state index contributed by atoms with van der Waals surface area (Å²) in [4.78, 5) is 14.7. The first kappa shape index (κ1) is 14.8. The number of hydrogen-bond acceptors (Lipinski definition) is 3. The minimum Gasteiger partial charge on any atom is -0.393 e. The molecule has 0 saturated heterocycles. The van der Waals surface area contributed by atoms with E-state index >= 15 is 0 Å². The van der Waals surface area contributed by atoms with Crippen molar-refractivity contribution in [3.05, 3.63) is 20.8 Å². The lowest BCUT2D eigenvalue weighted by Crippen LogP contribution is -2.40. The maximum Gasteiger partial charge on any atom is 0.317 e. The van der Waals surface area contributed by atoms with E-state index in [1.54, 1.807) is 23.3 Å². The van der Waals surface area contributed by atoms with Crippen LogP contribution in [0, 0.1) is 5.92 Å². The zero-order valence-corrected chi connectivity index (χ0v) is 13.3. The lowest BCUT2D eigenvalue weighted by atomic mass is 10.1. The number of amides is 2. The van der Waals surface area contributed by atoms with Gasteiger partial charge in [0.15, 0.2) is 0 Å². The highest BCUT2D eigenvalue weighted by Gasteiger charge is 2.27. The zero-order valence-electron chi connectivity index (χ0n) is 10.9. The first-order valence-electron chi connectivity index (χ1n) is 6.46. The van der Waals surface area contributed by atoms with Crippen LogP contribution in [-0.2, 0) is 6.54 Å². The second-order valence-corrected chi connectivity index (χ2v) is 6.94. The van der Waals surface area contributed by atoms with Gasteiger partial charge in [-0.25, -0.2) is 4.79 Å². The third kappa shape index (κ3) is 4.19. The Hall–Kier alpha value is -0.590. The van der Waals surface area contributed by atoms with Gasteiger partial charge in [0.05, 0.1) is 12.6 Å². The summed E-state index contributed by atoms with van der Waals surface area (Å²) in [6.07, 6.45) is 2.69. The summed E-state index contributed by atoms with van der Waals surface area (Å²) in [6.45, 7) is 1.17. The van der Waals surface area contributed by atoms with Crippen LogP contribution in [0.1, 0.15) is 24.1 Å². The molecule has 2 unspecified atom stereocenters. The second-order valence-electron chi connectivity index (χ2n) is 5.03. The molecule has 0 aromatic carbocycles. The highest BCUT2D eigenvalue weighted by molar-refractivity contribution is 9.10. The molecule has 1 aliphatic carbocycles. The number of nitrogens with zero attached hydrogens (tertiary/aromatic N) is 1. The van der Waals surface area contributed by atoms with Gasteiger partial charge in [0.2, 0.25) is 0 Å². The number of nitrogens with one attached hydrogen (secondary N) is 1. The van der Waals surface area contributed by atoms with Gasteiger partial charge in [0, 0.05) is 34.2 Å². The van der Waals surface area contributed by atoms with Gasteiger partial charge in [-0.05, 0) is 34.8 Å². The van der Waals surface area contributed by atoms with Crippen molar-refractivity contribution >= 4 is 33.3 Å². The molecule has 2 amide bonds. The predicted molar refractivity (Wildman–Crippen MR) is 80.2 cm³/mol. The Morgan fingerprint density at radius 3 is 3.00 bits per heavy atom. The lowest BCUT2D eigenvalue weighted by Gasteiger charge is -2.23. The van der Waals surface area contributed by atoms with Crippen LogP contribution in [0.3, 0.4) is 0 Å². The van der Waals surface area contributed by atoms with E-state index in [2.05, 4.69) is 21.2 Å². The van der Waals surface area contributed by atoms with Crippen LogP contribution in [0.5, 0.6) is 0 Å². The van der Waals surface area contributed by atoms with Gasteiger partial charge in [-0.2, -0.15) is 0 Å². The molecule has 1 aromatic rings. The van der Waals surface area contributed by atoms with Gasteiger partial charge in [-0.3, -0.25) is 0 Å². The number of carbonyl (C=O) groups excluding carboxylic acids is 1. The Balaban J connectivity index is 1.76. The first-order valence-corrected chi connectivity index (χ1v) is 8.13. The lowest BCUT2D eigenvalue weighted by molar-refractivity contribution is 0.114. The fourth-order valence-electron chi connectivity index (χ4n) is 2.41. The van der Waals surface area contributed by atoms with Crippen LogP contribution in [0.15, 0.2) is 15.9 Å². The summed E-state index contributed by atoms with van der Waals surface area (Å²) >= 11 is 5.01. The molecule has 4 nitrogen and oxygen atoms in total. The number of urea groups is 1. The van der Waals surface area contributed by atoms with Crippen LogP contribution >= 0.6 is 27.3 Å². The average Bonchev–Trinajstić information content (AvgIpc) is 2.96. The smallest absolute Gasteiger partial charge is 0.317 e. The largest absolute Gasteiger partial charge is 0.393 e. The predicted octanol–water partition coefficient (Wildman–Crippen LogP) is 2.81. The standard InChI is InChI=1S/C13H19BrN2O2S/c1-16(7-9-3-2-4-12(9)17)13(18)15-6-11-5-10(14)8-19-11/h5,8-9,12,17H,2-4,6-7H2,1H3,(H,15,18). The minimum atomic E-state index is -0.247. The summed E-state index contributed by atoms with van der Waals surface area (Å²) in [5.41, 5.74) is 0. The molecule has 1 heterocycles. The van der Waals surface area contributed by atoms with Crippen molar-refractivity contribution in [1.82, 2.24) is 10.2 Å². The van der Waals surface area contributed by atoms with Gasteiger partial charge in [-0.15, -0.1) is 11.3 Å². The van der Waals surface area contributed by atoms with E-state index in [0.29, 0.717) is 13.1 Å². The average molecular weight is 347 g/mol. The number of halogens is 1. The first-order chi connectivity index (χ1) is 9.06. The molecule has 1 fully saturated rings. The van der Waals surface area contributed by atoms with Crippen molar-refractivity contribution < 1.29 is 9.90 Å².